The quantitative estimate of drug-likeness (QED) is 0.0732. The summed E-state index contributed by atoms with van der Waals surface area (Å²) in [5.74, 6) is 5.42. The second kappa shape index (κ2) is 21.1. The normalized spacial score (nSPS) is 31.8. The standard InChI is InChI=1S/C51H71N3O7/c1-33-14-8-9-29-61-32-38(21-11-17-34(2)16-10-15-33)39-25-27-51(47(39)58)42(23-13-28-55)40(24-26-50(51,4)60)44(36-18-6-5-7-19-36)43(57)30-37-20-12-22-41-45(37)46(53-31-35(3)56)49(59)54-48(41)52/h11-12,15,17,20-22,35-36,39,42,46-48,53,55-56,58,60H,2,5-7,10,13-14,16,18-19,23-32,52H2,1,3-4H3,(H,54,59). The lowest BCUT2D eigenvalue weighted by Crippen LogP contribution is -2.59. The smallest absolute Gasteiger partial charge is 0.243 e. The Bertz CT molecular complexity index is 1940. The van der Waals surface area contributed by atoms with Gasteiger partial charge in [0.05, 0.1) is 24.4 Å². The van der Waals surface area contributed by atoms with Gasteiger partial charge in [0.15, 0.2) is 5.78 Å². The topological polar surface area (TPSA) is 174 Å². The number of carbonyl (C=O) groups is 2. The van der Waals surface area contributed by atoms with E-state index in [9.17, 15) is 25.2 Å². The van der Waals surface area contributed by atoms with Gasteiger partial charge in [-0.25, -0.2) is 0 Å². The summed E-state index contributed by atoms with van der Waals surface area (Å²) in [5, 5.41) is 52.1. The van der Waals surface area contributed by atoms with Gasteiger partial charge in [0.25, 0.3) is 0 Å². The van der Waals surface area contributed by atoms with Crippen LogP contribution in [0.25, 0.3) is 0 Å². The van der Waals surface area contributed by atoms with Crippen molar-refractivity contribution in [3.05, 3.63) is 93.6 Å². The maximum Gasteiger partial charge on any atom is 0.243 e. The third-order valence-electron chi connectivity index (χ3n) is 14.4. The number of nitrogens with one attached hydrogen (secondary N) is 2. The van der Waals surface area contributed by atoms with Crippen LogP contribution in [0.2, 0.25) is 0 Å². The second-order valence-electron chi connectivity index (χ2n) is 18.7. The Morgan fingerprint density at radius 1 is 1.15 bits per heavy atom. The van der Waals surface area contributed by atoms with Gasteiger partial charge in [-0.3, -0.25) is 14.9 Å². The Hall–Kier alpha value is -3.66. The number of hydrogen-bond donors (Lipinski definition) is 7. The SMILES string of the molecule is C=C1C=CC=C(C2CCC3(C(CCCO)C(=C(C(=O)Cc4cccc5c4C(NCC(C)O)C(=O)NC5N)C4CCCCC4)CCC3(C)O)C2O)COCC#CCC(C)=CCC1. The number of fused-ring (bicyclic) bond motifs is 1. The molecule has 1 spiro atoms. The van der Waals surface area contributed by atoms with Gasteiger partial charge in [0.2, 0.25) is 5.91 Å². The van der Waals surface area contributed by atoms with Gasteiger partial charge < -0.3 is 36.2 Å². The van der Waals surface area contributed by atoms with Crippen LogP contribution < -0.4 is 16.4 Å². The van der Waals surface area contributed by atoms with Crippen molar-refractivity contribution in [1.82, 2.24) is 10.6 Å². The fourth-order valence-electron chi connectivity index (χ4n) is 11.3. The van der Waals surface area contributed by atoms with Gasteiger partial charge in [-0.05, 0) is 125 Å². The average molecular weight is 838 g/mol. The maximum atomic E-state index is 15.3. The van der Waals surface area contributed by atoms with Crippen LogP contribution >= 0.6 is 0 Å². The Morgan fingerprint density at radius 3 is 2.69 bits per heavy atom. The zero-order chi connectivity index (χ0) is 43.7. The molecule has 8 unspecified atom stereocenters. The number of ether oxygens (including phenoxy) is 1. The minimum Gasteiger partial charge on any atom is -0.396 e. The summed E-state index contributed by atoms with van der Waals surface area (Å²) in [7, 11) is 0. The van der Waals surface area contributed by atoms with E-state index in [1.807, 2.05) is 43.4 Å². The van der Waals surface area contributed by atoms with E-state index in [1.165, 1.54) is 5.57 Å². The first-order valence-corrected chi connectivity index (χ1v) is 22.9. The van der Waals surface area contributed by atoms with E-state index in [2.05, 4.69) is 42.1 Å². The lowest BCUT2D eigenvalue weighted by molar-refractivity contribution is -0.168. The summed E-state index contributed by atoms with van der Waals surface area (Å²) in [6.07, 6.45) is 16.3. The highest BCUT2D eigenvalue weighted by molar-refractivity contribution is 5.99. The number of aliphatic hydroxyl groups excluding tert-OH is 3. The molecule has 2 heterocycles. The minimum atomic E-state index is -1.25. The molecule has 332 valence electrons. The molecule has 1 aromatic carbocycles. The Kier molecular flexibility index (Phi) is 16.2. The van der Waals surface area contributed by atoms with Crippen LogP contribution in [0.4, 0.5) is 0 Å². The van der Waals surface area contributed by atoms with Crippen LogP contribution in [0.15, 0.2) is 76.9 Å². The van der Waals surface area contributed by atoms with Crippen molar-refractivity contribution in [1.29, 1.82) is 0 Å². The number of carbonyl (C=O) groups excluding carboxylic acids is 2. The molecule has 8 N–H and O–H groups in total. The lowest BCUT2D eigenvalue weighted by atomic mass is 9.52. The van der Waals surface area contributed by atoms with Crippen LogP contribution in [-0.2, 0) is 20.7 Å². The van der Waals surface area contributed by atoms with E-state index in [0.717, 1.165) is 78.4 Å². The van der Waals surface area contributed by atoms with Crippen molar-refractivity contribution in [3.8, 4) is 11.8 Å². The summed E-state index contributed by atoms with van der Waals surface area (Å²) < 4.78 is 6.15. The molecule has 5 aliphatic rings. The van der Waals surface area contributed by atoms with E-state index >= 15 is 4.79 Å². The van der Waals surface area contributed by atoms with E-state index in [1.54, 1.807) is 6.92 Å². The largest absolute Gasteiger partial charge is 0.396 e. The van der Waals surface area contributed by atoms with E-state index < -0.39 is 35.4 Å². The van der Waals surface area contributed by atoms with E-state index in [4.69, 9.17) is 10.5 Å². The zero-order valence-corrected chi connectivity index (χ0v) is 36.8. The fraction of sp³-hybridized carbons (Fsp3) is 0.608. The first-order valence-electron chi connectivity index (χ1n) is 22.9. The number of nitrogens with two attached hydrogens (primary N) is 1. The first-order chi connectivity index (χ1) is 29.3. The Labute approximate surface area is 363 Å². The third kappa shape index (κ3) is 10.6. The van der Waals surface area contributed by atoms with Crippen molar-refractivity contribution in [2.75, 3.05) is 26.4 Å². The molecule has 6 rings (SSSR count). The molecule has 3 fully saturated rings. The molecule has 10 heteroatoms. The molecule has 61 heavy (non-hydrogen) atoms. The molecule has 1 aromatic rings. The molecule has 10 nitrogen and oxygen atoms in total. The number of amides is 1. The molecular weight excluding hydrogens is 767 g/mol. The molecule has 1 amide bonds. The summed E-state index contributed by atoms with van der Waals surface area (Å²) >= 11 is 0. The van der Waals surface area contributed by atoms with Crippen LogP contribution in [0, 0.1) is 35.0 Å². The van der Waals surface area contributed by atoms with Gasteiger partial charge in [0, 0.05) is 37.3 Å². The lowest BCUT2D eigenvalue weighted by Gasteiger charge is -2.56. The highest BCUT2D eigenvalue weighted by atomic mass is 16.5. The molecule has 3 aliphatic carbocycles. The molecule has 0 radical (unpaired) electrons. The number of rotatable bonds is 11. The Balaban J connectivity index is 1.41. The number of benzene rings is 1. The molecule has 2 aliphatic heterocycles. The van der Waals surface area contributed by atoms with E-state index in [-0.39, 0.29) is 62.2 Å². The number of aliphatic hydroxyl groups is 4. The average Bonchev–Trinajstić information content (AvgIpc) is 3.57. The first kappa shape index (κ1) is 46.8. The van der Waals surface area contributed by atoms with Gasteiger partial charge in [-0.15, -0.1) is 0 Å². The molecule has 3 saturated carbocycles. The summed E-state index contributed by atoms with van der Waals surface area (Å²) in [6, 6.07) is 4.88. The number of hydrogen-bond acceptors (Lipinski definition) is 9. The summed E-state index contributed by atoms with van der Waals surface area (Å²) in [5.41, 5.74) is 11.3. The highest BCUT2D eigenvalue weighted by Crippen LogP contribution is 2.63. The third-order valence-corrected chi connectivity index (χ3v) is 14.4. The van der Waals surface area contributed by atoms with E-state index in [0.29, 0.717) is 50.5 Å². The number of allylic oxidation sites excluding steroid dienone is 8. The van der Waals surface area contributed by atoms with Crippen LogP contribution in [-0.4, -0.2) is 76.3 Å². The van der Waals surface area contributed by atoms with Gasteiger partial charge >= 0.3 is 0 Å². The van der Waals surface area contributed by atoms with Gasteiger partial charge in [-0.1, -0.05) is 96.9 Å². The molecule has 0 aromatic heterocycles. The minimum absolute atomic E-state index is 0.00586. The van der Waals surface area contributed by atoms with Crippen LogP contribution in [0.5, 0.6) is 0 Å². The van der Waals surface area contributed by atoms with Gasteiger partial charge in [-0.2, -0.15) is 0 Å². The molecule has 0 bridgehead atoms. The van der Waals surface area contributed by atoms with Crippen molar-refractivity contribution >= 4 is 11.7 Å². The van der Waals surface area contributed by atoms with Crippen LogP contribution in [0.1, 0.15) is 140 Å². The monoisotopic (exact) mass is 838 g/mol. The van der Waals surface area contributed by atoms with Crippen molar-refractivity contribution in [2.24, 2.45) is 28.9 Å². The highest BCUT2D eigenvalue weighted by Gasteiger charge is 2.64. The molecular formula is C51H71N3O7. The van der Waals surface area contributed by atoms with Crippen molar-refractivity contribution in [2.45, 2.75) is 147 Å². The zero-order valence-electron chi connectivity index (χ0n) is 36.8. The summed E-state index contributed by atoms with van der Waals surface area (Å²) in [4.78, 5) is 28.7. The molecule has 8 atom stereocenters. The fourth-order valence-corrected chi connectivity index (χ4v) is 11.3. The van der Waals surface area contributed by atoms with Gasteiger partial charge in [0.1, 0.15) is 18.8 Å². The number of Topliss-reactive ketones (excluding diaryl/α,β-unsaturated/α-hetero) is 1. The number of ketones is 1. The molecule has 0 saturated heterocycles. The predicted molar refractivity (Wildman–Crippen MR) is 240 cm³/mol. The Morgan fingerprint density at radius 2 is 1.93 bits per heavy atom. The predicted octanol–water partition coefficient (Wildman–Crippen LogP) is 6.65. The second-order valence-corrected chi connectivity index (χ2v) is 18.7. The maximum absolute atomic E-state index is 15.3. The van der Waals surface area contributed by atoms with Crippen molar-refractivity contribution < 1.29 is 34.8 Å². The van der Waals surface area contributed by atoms with Crippen LogP contribution in [0.3, 0.4) is 0 Å². The summed E-state index contributed by atoms with van der Waals surface area (Å²) in [6.45, 7) is 10.6. The van der Waals surface area contributed by atoms with Crippen molar-refractivity contribution in [3.63, 3.8) is 0 Å².